The van der Waals surface area contributed by atoms with Crippen LogP contribution in [0.1, 0.15) is 34.4 Å². The summed E-state index contributed by atoms with van der Waals surface area (Å²) in [6.07, 6.45) is 1.12. The zero-order valence-electron chi connectivity index (χ0n) is 11.0. The van der Waals surface area contributed by atoms with Crippen molar-refractivity contribution in [2.45, 2.75) is 25.8 Å². The topological polar surface area (TPSA) is 3.24 Å². The Labute approximate surface area is 113 Å². The Kier molecular flexibility index (Phi) is 3.23. The van der Waals surface area contributed by atoms with E-state index in [9.17, 15) is 0 Å². The molecule has 0 saturated heterocycles. The number of benzene rings is 1. The Morgan fingerprint density at radius 3 is 2.72 bits per heavy atom. The van der Waals surface area contributed by atoms with E-state index in [0.717, 1.165) is 19.5 Å². The summed E-state index contributed by atoms with van der Waals surface area (Å²) in [6.45, 7) is 4.45. The third-order valence-electron chi connectivity index (χ3n) is 3.85. The molecule has 3 rings (SSSR count). The second kappa shape index (κ2) is 4.87. The molecule has 0 bridgehead atoms. The van der Waals surface area contributed by atoms with E-state index in [1.807, 2.05) is 11.3 Å². The van der Waals surface area contributed by atoms with E-state index >= 15 is 0 Å². The van der Waals surface area contributed by atoms with Gasteiger partial charge in [-0.2, -0.15) is 0 Å². The van der Waals surface area contributed by atoms with Crippen LogP contribution in [0.4, 0.5) is 0 Å². The molecule has 1 nitrogen and oxygen atoms in total. The summed E-state index contributed by atoms with van der Waals surface area (Å²) < 4.78 is 0. The molecule has 0 amide bonds. The van der Waals surface area contributed by atoms with E-state index in [2.05, 4.69) is 54.6 Å². The van der Waals surface area contributed by atoms with E-state index in [4.69, 9.17) is 0 Å². The maximum absolute atomic E-state index is 2.43. The van der Waals surface area contributed by atoms with Gasteiger partial charge in [-0.25, -0.2) is 0 Å². The van der Waals surface area contributed by atoms with Crippen LogP contribution in [0.3, 0.4) is 0 Å². The third-order valence-corrected chi connectivity index (χ3v) is 4.77. The minimum atomic E-state index is 0.552. The molecule has 1 unspecified atom stereocenters. The standard InChI is InChI=1S/C16H19NS/c1-3-12-4-6-13(7-5-12)15-10-17(2)11-16-14(15)8-9-18-16/h4-9,15H,3,10-11H2,1-2H3. The van der Waals surface area contributed by atoms with Crippen LogP contribution in [-0.4, -0.2) is 18.5 Å². The molecule has 0 spiro atoms. The Balaban J connectivity index is 1.96. The second-order valence-electron chi connectivity index (χ2n) is 5.14. The molecular weight excluding hydrogens is 238 g/mol. The Bertz CT molecular complexity index is 526. The summed E-state index contributed by atoms with van der Waals surface area (Å²) in [5.74, 6) is 0.552. The highest BCUT2D eigenvalue weighted by atomic mass is 32.1. The maximum Gasteiger partial charge on any atom is 0.0328 e. The lowest BCUT2D eigenvalue weighted by molar-refractivity contribution is 0.299. The van der Waals surface area contributed by atoms with Crippen LogP contribution in [0.2, 0.25) is 0 Å². The molecule has 0 radical (unpaired) electrons. The molecule has 0 N–H and O–H groups in total. The van der Waals surface area contributed by atoms with Gasteiger partial charge >= 0.3 is 0 Å². The monoisotopic (exact) mass is 257 g/mol. The lowest BCUT2D eigenvalue weighted by Crippen LogP contribution is -2.29. The van der Waals surface area contributed by atoms with Gasteiger partial charge in [-0.1, -0.05) is 31.2 Å². The quantitative estimate of drug-likeness (QED) is 0.789. The smallest absolute Gasteiger partial charge is 0.0328 e. The third kappa shape index (κ3) is 2.11. The van der Waals surface area contributed by atoms with Crippen molar-refractivity contribution in [1.29, 1.82) is 0 Å². The molecule has 0 saturated carbocycles. The fourth-order valence-electron chi connectivity index (χ4n) is 2.78. The number of hydrogen-bond donors (Lipinski definition) is 0. The van der Waals surface area contributed by atoms with Crippen LogP contribution in [-0.2, 0) is 13.0 Å². The molecule has 94 valence electrons. The molecule has 0 aliphatic carbocycles. The molecule has 1 atom stereocenters. The van der Waals surface area contributed by atoms with Gasteiger partial charge < -0.3 is 4.90 Å². The van der Waals surface area contributed by atoms with E-state index in [1.54, 1.807) is 5.56 Å². The van der Waals surface area contributed by atoms with Crippen molar-refractivity contribution >= 4 is 11.3 Å². The van der Waals surface area contributed by atoms with Crippen molar-refractivity contribution in [3.8, 4) is 0 Å². The summed E-state index contributed by atoms with van der Waals surface area (Å²) >= 11 is 1.89. The minimum absolute atomic E-state index is 0.552. The first kappa shape index (κ1) is 11.9. The fourth-order valence-corrected chi connectivity index (χ4v) is 3.80. The van der Waals surface area contributed by atoms with Gasteiger partial charge in [-0.05, 0) is 41.6 Å². The molecule has 1 aliphatic rings. The van der Waals surface area contributed by atoms with Crippen LogP contribution in [0, 0.1) is 0 Å². The average molecular weight is 257 g/mol. The molecule has 1 aliphatic heterocycles. The number of likely N-dealkylation sites (N-methyl/N-ethyl adjacent to an activating group) is 1. The molecule has 1 aromatic heterocycles. The SMILES string of the molecule is CCc1ccc(C2CN(C)Cc3sccc32)cc1. The molecule has 0 fully saturated rings. The van der Waals surface area contributed by atoms with Crippen LogP contribution in [0.25, 0.3) is 0 Å². The van der Waals surface area contributed by atoms with E-state index < -0.39 is 0 Å². The van der Waals surface area contributed by atoms with Crippen molar-refractivity contribution in [1.82, 2.24) is 4.90 Å². The summed E-state index contributed by atoms with van der Waals surface area (Å²) in [7, 11) is 2.22. The number of thiophene rings is 1. The van der Waals surface area contributed by atoms with Crippen LogP contribution in [0.15, 0.2) is 35.7 Å². The predicted octanol–water partition coefficient (Wildman–Crippen LogP) is 3.89. The van der Waals surface area contributed by atoms with Crippen LogP contribution >= 0.6 is 11.3 Å². The number of fused-ring (bicyclic) bond motifs is 1. The van der Waals surface area contributed by atoms with E-state index in [-0.39, 0.29) is 0 Å². The van der Waals surface area contributed by atoms with Gasteiger partial charge in [0.05, 0.1) is 0 Å². The Morgan fingerprint density at radius 1 is 1.22 bits per heavy atom. The maximum atomic E-state index is 2.43. The molecule has 1 aromatic carbocycles. The van der Waals surface area contributed by atoms with Gasteiger partial charge in [0.25, 0.3) is 0 Å². The van der Waals surface area contributed by atoms with Gasteiger partial charge in [-0.15, -0.1) is 11.3 Å². The zero-order valence-corrected chi connectivity index (χ0v) is 11.8. The van der Waals surface area contributed by atoms with E-state index in [0.29, 0.717) is 5.92 Å². The largest absolute Gasteiger partial charge is 0.300 e. The molecule has 2 heteroatoms. The first-order chi connectivity index (χ1) is 8.78. The number of hydrogen-bond acceptors (Lipinski definition) is 2. The normalized spacial score (nSPS) is 19.8. The van der Waals surface area contributed by atoms with Gasteiger partial charge in [0.2, 0.25) is 0 Å². The van der Waals surface area contributed by atoms with Crippen molar-refractivity contribution in [2.75, 3.05) is 13.6 Å². The van der Waals surface area contributed by atoms with Gasteiger partial charge in [0.1, 0.15) is 0 Å². The lowest BCUT2D eigenvalue weighted by atomic mass is 9.88. The zero-order chi connectivity index (χ0) is 12.5. The first-order valence-corrected chi connectivity index (χ1v) is 7.49. The van der Waals surface area contributed by atoms with Crippen molar-refractivity contribution < 1.29 is 0 Å². The highest BCUT2D eigenvalue weighted by molar-refractivity contribution is 7.10. The fraction of sp³-hybridized carbons (Fsp3) is 0.375. The van der Waals surface area contributed by atoms with Gasteiger partial charge in [0, 0.05) is 23.9 Å². The summed E-state index contributed by atoms with van der Waals surface area (Å²) in [5, 5.41) is 2.23. The molecule has 2 heterocycles. The first-order valence-electron chi connectivity index (χ1n) is 6.61. The highest BCUT2D eigenvalue weighted by Crippen LogP contribution is 2.35. The van der Waals surface area contributed by atoms with Crippen molar-refractivity contribution in [3.05, 3.63) is 57.3 Å². The average Bonchev–Trinajstić information content (AvgIpc) is 2.86. The van der Waals surface area contributed by atoms with Gasteiger partial charge in [-0.3, -0.25) is 0 Å². The molecule has 18 heavy (non-hydrogen) atoms. The second-order valence-corrected chi connectivity index (χ2v) is 6.14. The van der Waals surface area contributed by atoms with Crippen molar-refractivity contribution in [3.63, 3.8) is 0 Å². The van der Waals surface area contributed by atoms with Crippen LogP contribution in [0.5, 0.6) is 0 Å². The number of nitrogens with zero attached hydrogens (tertiary/aromatic N) is 1. The summed E-state index contributed by atoms with van der Waals surface area (Å²) in [4.78, 5) is 3.96. The van der Waals surface area contributed by atoms with Crippen LogP contribution < -0.4 is 0 Å². The molecular formula is C16H19NS. The number of rotatable bonds is 2. The van der Waals surface area contributed by atoms with Gasteiger partial charge in [0.15, 0.2) is 0 Å². The summed E-state index contributed by atoms with van der Waals surface area (Å²) in [6, 6.07) is 11.5. The highest BCUT2D eigenvalue weighted by Gasteiger charge is 2.25. The summed E-state index contributed by atoms with van der Waals surface area (Å²) in [5.41, 5.74) is 4.43. The number of aryl methyl sites for hydroxylation is 1. The Morgan fingerprint density at radius 2 is 2.00 bits per heavy atom. The van der Waals surface area contributed by atoms with Crippen molar-refractivity contribution in [2.24, 2.45) is 0 Å². The lowest BCUT2D eigenvalue weighted by Gasteiger charge is -2.30. The Hall–Kier alpha value is -1.12. The predicted molar refractivity (Wildman–Crippen MR) is 78.3 cm³/mol. The molecule has 2 aromatic rings. The minimum Gasteiger partial charge on any atom is -0.300 e. The van der Waals surface area contributed by atoms with E-state index in [1.165, 1.54) is 16.0 Å².